The van der Waals surface area contributed by atoms with Crippen molar-refractivity contribution in [3.63, 3.8) is 0 Å². The summed E-state index contributed by atoms with van der Waals surface area (Å²) in [5, 5.41) is 14.7. The maximum atomic E-state index is 11.7. The molecule has 0 aromatic heterocycles. The molecule has 1 aromatic rings. The van der Waals surface area contributed by atoms with Gasteiger partial charge >= 0.3 is 12.0 Å². The molecule has 5 nitrogen and oxygen atoms in total. The van der Waals surface area contributed by atoms with Crippen molar-refractivity contribution in [2.45, 2.75) is 33.1 Å². The van der Waals surface area contributed by atoms with Crippen molar-refractivity contribution < 1.29 is 14.7 Å². The lowest BCUT2D eigenvalue weighted by Gasteiger charge is -2.23. The van der Waals surface area contributed by atoms with E-state index >= 15 is 0 Å². The minimum Gasteiger partial charge on any atom is -0.481 e. The number of hydrogen-bond donors (Lipinski definition) is 3. The Bertz CT molecular complexity index is 503. The highest BCUT2D eigenvalue weighted by molar-refractivity contribution is 6.30. The van der Waals surface area contributed by atoms with Gasteiger partial charge in [0.05, 0.1) is 0 Å². The molecule has 0 aliphatic rings. The van der Waals surface area contributed by atoms with Gasteiger partial charge in [-0.05, 0) is 36.5 Å². The molecule has 0 saturated heterocycles. The van der Waals surface area contributed by atoms with Gasteiger partial charge in [0.25, 0.3) is 0 Å². The number of carbonyl (C=O) groups is 2. The quantitative estimate of drug-likeness (QED) is 0.717. The van der Waals surface area contributed by atoms with E-state index < -0.39 is 5.97 Å². The maximum Gasteiger partial charge on any atom is 0.319 e. The Hall–Kier alpha value is -1.75. The summed E-state index contributed by atoms with van der Waals surface area (Å²) in [6.07, 6.45) is 1.44. The lowest BCUT2D eigenvalue weighted by atomic mass is 9.84. The van der Waals surface area contributed by atoms with Crippen LogP contribution in [0.1, 0.15) is 33.1 Å². The summed E-state index contributed by atoms with van der Waals surface area (Å²) in [6.45, 7) is 4.47. The molecule has 0 heterocycles. The van der Waals surface area contributed by atoms with E-state index in [1.165, 1.54) is 0 Å². The van der Waals surface area contributed by atoms with E-state index in [4.69, 9.17) is 16.7 Å². The van der Waals surface area contributed by atoms with Crippen molar-refractivity contribution in [1.29, 1.82) is 0 Å². The molecule has 2 amide bonds. The lowest BCUT2D eigenvalue weighted by Crippen LogP contribution is -2.32. The zero-order valence-electron chi connectivity index (χ0n) is 12.3. The highest BCUT2D eigenvalue weighted by atomic mass is 35.5. The predicted molar refractivity (Wildman–Crippen MR) is 83.7 cm³/mol. The Labute approximate surface area is 129 Å². The number of anilines is 1. The largest absolute Gasteiger partial charge is 0.481 e. The van der Waals surface area contributed by atoms with Crippen molar-refractivity contribution in [1.82, 2.24) is 5.32 Å². The van der Waals surface area contributed by atoms with Crippen LogP contribution in [0.2, 0.25) is 5.02 Å². The molecule has 0 atom stereocenters. The third kappa shape index (κ3) is 7.56. The molecular weight excluding hydrogens is 292 g/mol. The topological polar surface area (TPSA) is 78.4 Å². The molecule has 0 fully saturated rings. The molecule has 21 heavy (non-hydrogen) atoms. The van der Waals surface area contributed by atoms with E-state index in [9.17, 15) is 9.59 Å². The van der Waals surface area contributed by atoms with Gasteiger partial charge in [0.1, 0.15) is 0 Å². The second-order valence-corrected chi connectivity index (χ2v) is 6.14. The smallest absolute Gasteiger partial charge is 0.319 e. The predicted octanol–water partition coefficient (Wildman–Crippen LogP) is 3.74. The first kappa shape index (κ1) is 17.3. The van der Waals surface area contributed by atoms with Crippen molar-refractivity contribution in [3.05, 3.63) is 29.3 Å². The molecule has 0 radical (unpaired) electrons. The number of hydrogen-bond acceptors (Lipinski definition) is 2. The molecule has 0 spiro atoms. The number of aliphatic carboxylic acids is 1. The van der Waals surface area contributed by atoms with E-state index in [0.717, 1.165) is 0 Å². The molecule has 0 aliphatic heterocycles. The molecule has 1 rings (SSSR count). The summed E-state index contributed by atoms with van der Waals surface area (Å²) >= 11 is 5.83. The van der Waals surface area contributed by atoms with Crippen LogP contribution >= 0.6 is 11.6 Å². The van der Waals surface area contributed by atoms with Crippen LogP contribution in [-0.4, -0.2) is 23.7 Å². The van der Waals surface area contributed by atoms with Gasteiger partial charge in [-0.15, -0.1) is 0 Å². The second kappa shape index (κ2) is 7.88. The Morgan fingerprint density at radius 2 is 2.00 bits per heavy atom. The number of carboxylic acid groups (broad SMARTS) is 1. The summed E-state index contributed by atoms with van der Waals surface area (Å²) < 4.78 is 0. The van der Waals surface area contributed by atoms with Gasteiger partial charge in [-0.25, -0.2) is 4.79 Å². The molecule has 3 N–H and O–H groups in total. The van der Waals surface area contributed by atoms with Gasteiger partial charge in [-0.2, -0.15) is 0 Å². The maximum absolute atomic E-state index is 11.7. The van der Waals surface area contributed by atoms with Crippen LogP contribution in [0.3, 0.4) is 0 Å². The normalized spacial score (nSPS) is 11.0. The van der Waals surface area contributed by atoms with Crippen LogP contribution < -0.4 is 10.6 Å². The third-order valence-corrected chi connectivity index (χ3v) is 3.42. The number of urea groups is 1. The van der Waals surface area contributed by atoms with Crippen LogP contribution in [0.5, 0.6) is 0 Å². The van der Waals surface area contributed by atoms with E-state index in [1.807, 2.05) is 13.8 Å². The molecule has 116 valence electrons. The minimum absolute atomic E-state index is 0.123. The van der Waals surface area contributed by atoms with Crippen LogP contribution in [0, 0.1) is 5.41 Å². The Balaban J connectivity index is 2.31. The zero-order chi connectivity index (χ0) is 15.9. The van der Waals surface area contributed by atoms with E-state index in [2.05, 4.69) is 10.6 Å². The summed E-state index contributed by atoms with van der Waals surface area (Å²) in [6, 6.07) is 6.61. The first-order valence-electron chi connectivity index (χ1n) is 6.81. The number of rotatable bonds is 7. The highest BCUT2D eigenvalue weighted by Gasteiger charge is 2.19. The SMILES string of the molecule is CC(C)(CCNC(=O)Nc1cccc(Cl)c1)CCC(=O)O. The molecule has 0 saturated carbocycles. The van der Waals surface area contributed by atoms with Crippen molar-refractivity contribution in [2.75, 3.05) is 11.9 Å². The standard InChI is InChI=1S/C15H21ClN2O3/c1-15(2,7-6-13(19)20)8-9-17-14(21)18-12-5-3-4-11(16)10-12/h3-5,10H,6-9H2,1-2H3,(H,19,20)(H2,17,18,21). The number of amides is 2. The number of carboxylic acids is 1. The van der Waals surface area contributed by atoms with Gasteiger partial charge in [-0.1, -0.05) is 31.5 Å². The van der Waals surface area contributed by atoms with Crippen molar-refractivity contribution in [3.8, 4) is 0 Å². The van der Waals surface area contributed by atoms with Gasteiger partial charge in [0.15, 0.2) is 0 Å². The number of nitrogens with one attached hydrogen (secondary N) is 2. The van der Waals surface area contributed by atoms with E-state index in [1.54, 1.807) is 24.3 Å². The third-order valence-electron chi connectivity index (χ3n) is 3.19. The Morgan fingerprint density at radius 3 is 2.62 bits per heavy atom. The van der Waals surface area contributed by atoms with Crippen LogP contribution in [-0.2, 0) is 4.79 Å². The fourth-order valence-electron chi connectivity index (χ4n) is 1.83. The fourth-order valence-corrected chi connectivity index (χ4v) is 2.02. The Kier molecular flexibility index (Phi) is 6.49. The van der Waals surface area contributed by atoms with Gasteiger partial charge in [-0.3, -0.25) is 4.79 Å². The second-order valence-electron chi connectivity index (χ2n) is 5.70. The Morgan fingerprint density at radius 1 is 1.29 bits per heavy atom. The molecule has 1 aromatic carbocycles. The van der Waals surface area contributed by atoms with Crippen LogP contribution in [0.25, 0.3) is 0 Å². The lowest BCUT2D eigenvalue weighted by molar-refractivity contribution is -0.137. The molecule has 6 heteroatoms. The summed E-state index contributed by atoms with van der Waals surface area (Å²) in [5.74, 6) is -0.797. The average Bonchev–Trinajstić information content (AvgIpc) is 2.36. The summed E-state index contributed by atoms with van der Waals surface area (Å²) in [4.78, 5) is 22.3. The monoisotopic (exact) mass is 312 g/mol. The zero-order valence-corrected chi connectivity index (χ0v) is 13.0. The van der Waals surface area contributed by atoms with Gasteiger partial charge < -0.3 is 15.7 Å². The molecule has 0 aliphatic carbocycles. The molecule has 0 unspecified atom stereocenters. The highest BCUT2D eigenvalue weighted by Crippen LogP contribution is 2.26. The van der Waals surface area contributed by atoms with Gasteiger partial charge in [0.2, 0.25) is 0 Å². The fraction of sp³-hybridized carbons (Fsp3) is 0.467. The number of benzene rings is 1. The van der Waals surface area contributed by atoms with E-state index in [0.29, 0.717) is 30.1 Å². The van der Waals surface area contributed by atoms with Crippen LogP contribution in [0.15, 0.2) is 24.3 Å². The first-order chi connectivity index (χ1) is 9.78. The molecule has 0 bridgehead atoms. The number of halogens is 1. The average molecular weight is 313 g/mol. The first-order valence-corrected chi connectivity index (χ1v) is 7.18. The molecular formula is C15H21ClN2O3. The summed E-state index contributed by atoms with van der Waals surface area (Å²) in [7, 11) is 0. The van der Waals surface area contributed by atoms with Crippen molar-refractivity contribution in [2.24, 2.45) is 5.41 Å². The van der Waals surface area contributed by atoms with Gasteiger partial charge in [0, 0.05) is 23.7 Å². The van der Waals surface area contributed by atoms with E-state index in [-0.39, 0.29) is 17.9 Å². The van der Waals surface area contributed by atoms with Crippen LogP contribution in [0.4, 0.5) is 10.5 Å². The minimum atomic E-state index is -0.797. The number of carbonyl (C=O) groups excluding carboxylic acids is 1. The summed E-state index contributed by atoms with van der Waals surface area (Å²) in [5.41, 5.74) is 0.506. The van der Waals surface area contributed by atoms with Crippen molar-refractivity contribution >= 4 is 29.3 Å².